The molecule has 0 spiro atoms. The molecule has 0 saturated carbocycles. The first-order valence-electron chi connectivity index (χ1n) is 5.48. The number of hydrogen-bond donors (Lipinski definition) is 2. The summed E-state index contributed by atoms with van der Waals surface area (Å²) in [6.07, 6.45) is 1.51. The Morgan fingerprint density at radius 1 is 1.28 bits per heavy atom. The van der Waals surface area contributed by atoms with E-state index >= 15 is 0 Å². The highest BCUT2D eigenvalue weighted by Gasteiger charge is 2.08. The summed E-state index contributed by atoms with van der Waals surface area (Å²) in [5.41, 5.74) is 6.58. The van der Waals surface area contributed by atoms with Gasteiger partial charge < -0.3 is 11.1 Å². The van der Waals surface area contributed by atoms with Gasteiger partial charge in [0.2, 0.25) is 0 Å². The fourth-order valence-electron chi connectivity index (χ4n) is 1.38. The van der Waals surface area contributed by atoms with E-state index in [1.165, 1.54) is 18.1 Å². The van der Waals surface area contributed by atoms with Crippen molar-refractivity contribution in [2.75, 3.05) is 17.6 Å². The molecule has 0 atom stereocenters. The largest absolute Gasteiger partial charge is 0.394 e. The highest BCUT2D eigenvalue weighted by molar-refractivity contribution is 7.99. The lowest BCUT2D eigenvalue weighted by Crippen LogP contribution is -2.05. The number of anilines is 2. The van der Waals surface area contributed by atoms with Crippen LogP contribution in [0.1, 0.15) is 6.92 Å². The molecule has 2 aromatic rings. The molecule has 4 nitrogen and oxygen atoms in total. The van der Waals surface area contributed by atoms with Crippen molar-refractivity contribution < 1.29 is 0 Å². The SMILES string of the molecule is CCNc1ncnc(Sc2ccc(Cl)cc2)c1N. The lowest BCUT2D eigenvalue weighted by molar-refractivity contribution is 1.04. The van der Waals surface area contributed by atoms with Gasteiger partial charge >= 0.3 is 0 Å². The minimum absolute atomic E-state index is 0.569. The quantitative estimate of drug-likeness (QED) is 0.842. The van der Waals surface area contributed by atoms with Gasteiger partial charge in [0.05, 0.1) is 0 Å². The van der Waals surface area contributed by atoms with Crippen molar-refractivity contribution in [2.45, 2.75) is 16.8 Å². The van der Waals surface area contributed by atoms with E-state index in [2.05, 4.69) is 15.3 Å². The number of nitrogens with two attached hydrogens (primary N) is 1. The Morgan fingerprint density at radius 2 is 2.00 bits per heavy atom. The number of benzene rings is 1. The molecule has 1 heterocycles. The van der Waals surface area contributed by atoms with Gasteiger partial charge in [-0.25, -0.2) is 9.97 Å². The molecule has 6 heteroatoms. The molecule has 0 aliphatic heterocycles. The number of hydrogen-bond acceptors (Lipinski definition) is 5. The van der Waals surface area contributed by atoms with Crippen molar-refractivity contribution in [3.63, 3.8) is 0 Å². The summed E-state index contributed by atoms with van der Waals surface area (Å²) >= 11 is 7.33. The Hall–Kier alpha value is -1.46. The molecule has 2 rings (SSSR count). The molecule has 0 aliphatic carbocycles. The van der Waals surface area contributed by atoms with Crippen molar-refractivity contribution in [1.82, 2.24) is 9.97 Å². The van der Waals surface area contributed by atoms with E-state index in [0.717, 1.165) is 16.5 Å². The van der Waals surface area contributed by atoms with Gasteiger partial charge in [0, 0.05) is 16.5 Å². The highest BCUT2D eigenvalue weighted by Crippen LogP contribution is 2.33. The molecule has 94 valence electrons. The van der Waals surface area contributed by atoms with Gasteiger partial charge in [0.15, 0.2) is 5.82 Å². The summed E-state index contributed by atoms with van der Waals surface area (Å²) in [5, 5.41) is 4.55. The summed E-state index contributed by atoms with van der Waals surface area (Å²) in [7, 11) is 0. The zero-order chi connectivity index (χ0) is 13.0. The first kappa shape index (κ1) is 13.0. The van der Waals surface area contributed by atoms with Gasteiger partial charge in [-0.1, -0.05) is 23.4 Å². The molecule has 0 saturated heterocycles. The third-order valence-electron chi connectivity index (χ3n) is 2.22. The minimum atomic E-state index is 0.569. The van der Waals surface area contributed by atoms with Gasteiger partial charge in [0.25, 0.3) is 0 Å². The van der Waals surface area contributed by atoms with E-state index in [4.69, 9.17) is 17.3 Å². The van der Waals surface area contributed by atoms with E-state index in [-0.39, 0.29) is 0 Å². The van der Waals surface area contributed by atoms with Crippen LogP contribution in [0.15, 0.2) is 40.5 Å². The minimum Gasteiger partial charge on any atom is -0.394 e. The monoisotopic (exact) mass is 280 g/mol. The maximum atomic E-state index is 6.01. The first-order valence-corrected chi connectivity index (χ1v) is 6.68. The molecule has 1 aromatic heterocycles. The predicted molar refractivity (Wildman–Crippen MR) is 76.2 cm³/mol. The zero-order valence-corrected chi connectivity index (χ0v) is 11.4. The van der Waals surface area contributed by atoms with Crippen molar-refractivity contribution in [1.29, 1.82) is 0 Å². The molecule has 18 heavy (non-hydrogen) atoms. The average molecular weight is 281 g/mol. The molecule has 3 N–H and O–H groups in total. The Labute approximate surface area is 115 Å². The summed E-state index contributed by atoms with van der Waals surface area (Å²) < 4.78 is 0. The van der Waals surface area contributed by atoms with Crippen LogP contribution in [0.25, 0.3) is 0 Å². The van der Waals surface area contributed by atoms with Gasteiger partial charge in [-0.05, 0) is 31.2 Å². The molecule has 0 bridgehead atoms. The second kappa shape index (κ2) is 5.93. The Bertz CT molecular complexity index is 530. The fraction of sp³-hybridized carbons (Fsp3) is 0.167. The molecule has 0 unspecified atom stereocenters. The summed E-state index contributed by atoms with van der Waals surface area (Å²) in [4.78, 5) is 9.33. The van der Waals surface area contributed by atoms with Crippen LogP contribution in [0.5, 0.6) is 0 Å². The standard InChI is InChI=1S/C12H13ClN4S/c1-2-15-11-10(14)12(17-7-16-11)18-9-5-3-8(13)4-6-9/h3-7H,2,14H2,1H3,(H,15,16,17). The summed E-state index contributed by atoms with van der Waals surface area (Å²) in [6, 6.07) is 7.54. The predicted octanol–water partition coefficient (Wildman–Crippen LogP) is 3.30. The Morgan fingerprint density at radius 3 is 2.67 bits per heavy atom. The molecule has 1 aromatic carbocycles. The van der Waals surface area contributed by atoms with E-state index < -0.39 is 0 Å². The fourth-order valence-corrected chi connectivity index (χ4v) is 2.31. The van der Waals surface area contributed by atoms with Crippen molar-refractivity contribution >= 4 is 34.9 Å². The highest BCUT2D eigenvalue weighted by atomic mass is 35.5. The topological polar surface area (TPSA) is 63.8 Å². The van der Waals surface area contributed by atoms with E-state index in [1.807, 2.05) is 31.2 Å². The Balaban J connectivity index is 2.23. The molecule has 0 aliphatic rings. The van der Waals surface area contributed by atoms with Crippen LogP contribution in [0.4, 0.5) is 11.5 Å². The maximum absolute atomic E-state index is 6.01. The van der Waals surface area contributed by atoms with Crippen LogP contribution in [0.3, 0.4) is 0 Å². The van der Waals surface area contributed by atoms with Crippen molar-refractivity contribution in [3.8, 4) is 0 Å². The molecular weight excluding hydrogens is 268 g/mol. The van der Waals surface area contributed by atoms with Crippen molar-refractivity contribution in [2.24, 2.45) is 0 Å². The summed E-state index contributed by atoms with van der Waals surface area (Å²) in [5.74, 6) is 0.670. The normalized spacial score (nSPS) is 10.3. The lowest BCUT2D eigenvalue weighted by Gasteiger charge is -2.09. The smallest absolute Gasteiger partial charge is 0.153 e. The number of rotatable bonds is 4. The average Bonchev–Trinajstić information content (AvgIpc) is 2.37. The molecule has 0 radical (unpaired) electrons. The lowest BCUT2D eigenvalue weighted by atomic mass is 10.4. The molecule has 0 fully saturated rings. The van der Waals surface area contributed by atoms with E-state index in [1.54, 1.807) is 0 Å². The van der Waals surface area contributed by atoms with Crippen LogP contribution in [-0.2, 0) is 0 Å². The van der Waals surface area contributed by atoms with Gasteiger partial charge in [-0.3, -0.25) is 0 Å². The van der Waals surface area contributed by atoms with Gasteiger partial charge in [-0.2, -0.15) is 0 Å². The van der Waals surface area contributed by atoms with Crippen LogP contribution >= 0.6 is 23.4 Å². The zero-order valence-electron chi connectivity index (χ0n) is 9.85. The Kier molecular flexibility index (Phi) is 4.28. The molecule has 0 amide bonds. The number of nitrogen functional groups attached to an aromatic ring is 1. The maximum Gasteiger partial charge on any atom is 0.153 e. The van der Waals surface area contributed by atoms with Crippen LogP contribution in [0, 0.1) is 0 Å². The van der Waals surface area contributed by atoms with Crippen LogP contribution in [-0.4, -0.2) is 16.5 Å². The third kappa shape index (κ3) is 3.05. The number of nitrogens with one attached hydrogen (secondary N) is 1. The number of nitrogens with zero attached hydrogens (tertiary/aromatic N) is 2. The van der Waals surface area contributed by atoms with Crippen LogP contribution < -0.4 is 11.1 Å². The molecular formula is C12H13ClN4S. The number of halogens is 1. The second-order valence-electron chi connectivity index (χ2n) is 3.53. The van der Waals surface area contributed by atoms with E-state index in [9.17, 15) is 0 Å². The third-order valence-corrected chi connectivity index (χ3v) is 3.50. The number of aromatic nitrogens is 2. The van der Waals surface area contributed by atoms with E-state index in [0.29, 0.717) is 16.5 Å². The first-order chi connectivity index (χ1) is 8.70. The van der Waals surface area contributed by atoms with Crippen LogP contribution in [0.2, 0.25) is 5.02 Å². The second-order valence-corrected chi connectivity index (χ2v) is 5.03. The van der Waals surface area contributed by atoms with Gasteiger partial charge in [-0.15, -0.1) is 0 Å². The van der Waals surface area contributed by atoms with Gasteiger partial charge in [0.1, 0.15) is 17.0 Å². The van der Waals surface area contributed by atoms with Crippen molar-refractivity contribution in [3.05, 3.63) is 35.6 Å². The summed E-state index contributed by atoms with van der Waals surface area (Å²) in [6.45, 7) is 2.76.